The van der Waals surface area contributed by atoms with Crippen molar-refractivity contribution >= 4 is 295 Å². The Morgan fingerprint density at radius 1 is 0.176 bits per heavy atom. The summed E-state index contributed by atoms with van der Waals surface area (Å²) in [4.78, 5) is 121. The SMILES string of the molecule is C1=C(c2nc(-c3nc(-c4nc(-c5nc(-c6nc(-c7nc(-c8nc(-c9nc(-c%10nc(-c%11nc(-c%12nc(-c%13nc(-c%14nc(-c%15nc(-c%16nc(-c%17nc(-c%18nc(-c%19nc(-c%20nc(-c%21nc(-c%22nc(-c%23nc(-c%24nccs%24)cs%23)cs%22)cs%21)cs%20)cs%19)cs%18)cs%17)cs%16)cs%15)cs%14)cs%13)cs%12)cs%11)cs%10)cs9)cs8)cs7)cs6)cs5)cs4)cs3)cs2)N(c2cscn2)CS1. The lowest BCUT2D eigenvalue weighted by atomic mass is 10.4. The van der Waals surface area contributed by atoms with Gasteiger partial charge in [-0.05, 0) is 5.41 Å². The summed E-state index contributed by atoms with van der Waals surface area (Å²) in [7, 11) is 0. The molecule has 0 aromatic carbocycles. The first-order chi connectivity index (χ1) is 61.7. The fourth-order valence-corrected chi connectivity index (χ4v) is 32.8. The molecule has 0 amide bonds. The minimum absolute atomic E-state index is 0.786. The summed E-state index contributed by atoms with van der Waals surface area (Å²) in [6.45, 7) is 0. The van der Waals surface area contributed by atoms with Crippen molar-refractivity contribution in [3.63, 3.8) is 0 Å². The summed E-state index contributed by atoms with van der Waals surface area (Å²) >= 11 is 39.0. The molecule has 50 heteroatoms. The fraction of sp³-hybridized carbons (Fsp3) is 0.0133. The summed E-state index contributed by atoms with van der Waals surface area (Å²) in [5.41, 5.74) is 20.6. The Bertz CT molecular complexity index is 7930. The van der Waals surface area contributed by atoms with Crippen molar-refractivity contribution in [2.45, 2.75) is 0 Å². The molecular weight excluding hydrogens is 2050 g/mol. The molecule has 0 saturated heterocycles. The molecule has 0 aliphatic carbocycles. The van der Waals surface area contributed by atoms with Crippen LogP contribution in [-0.2, 0) is 0 Å². The highest BCUT2D eigenvalue weighted by Crippen LogP contribution is 2.47. The first-order valence-corrected chi connectivity index (χ1v) is 57.9. The van der Waals surface area contributed by atoms with Crippen molar-refractivity contribution in [1.29, 1.82) is 0 Å². The molecule has 0 unspecified atom stereocenters. The van der Waals surface area contributed by atoms with Crippen LogP contribution in [0.2, 0.25) is 0 Å². The Hall–Kier alpha value is -8.99. The summed E-state index contributed by atoms with van der Waals surface area (Å²) in [6.07, 6.45) is 1.79. The predicted molar refractivity (Wildman–Crippen MR) is 532 cm³/mol. The first-order valence-electron chi connectivity index (χ1n) is 35.7. The van der Waals surface area contributed by atoms with Crippen molar-refractivity contribution in [2.24, 2.45) is 0 Å². The van der Waals surface area contributed by atoms with Crippen molar-refractivity contribution < 1.29 is 0 Å². The number of nitrogens with zero attached hydrogens (tertiary/aromatic N) is 25. The van der Waals surface area contributed by atoms with Crippen LogP contribution in [0.5, 0.6) is 0 Å². The summed E-state index contributed by atoms with van der Waals surface area (Å²) in [6, 6.07) is 0. The van der Waals surface area contributed by atoms with Gasteiger partial charge in [-0.3, -0.25) is 0 Å². The van der Waals surface area contributed by atoms with Crippen LogP contribution in [0.1, 0.15) is 5.01 Å². The maximum absolute atomic E-state index is 5.01. The molecule has 0 saturated carbocycles. The third kappa shape index (κ3) is 15.4. The average Bonchev–Trinajstić information content (AvgIpc) is 1.64. The lowest BCUT2D eigenvalue weighted by Gasteiger charge is -2.16. The Labute approximate surface area is 802 Å². The number of hydrogen-bond donors (Lipinski definition) is 0. The van der Waals surface area contributed by atoms with Gasteiger partial charge in [0.05, 0.1) is 17.1 Å². The van der Waals surface area contributed by atoms with Crippen LogP contribution in [0.15, 0.2) is 146 Å². The molecule has 125 heavy (non-hydrogen) atoms. The zero-order valence-electron chi connectivity index (χ0n) is 61.2. The molecule has 1 aliphatic rings. The normalized spacial score (nSPS) is 12.4. The van der Waals surface area contributed by atoms with E-state index in [1.54, 1.807) is 188 Å². The molecular formula is C75H29N25S25. The van der Waals surface area contributed by atoms with Crippen LogP contribution < -0.4 is 4.90 Å². The van der Waals surface area contributed by atoms with Crippen LogP contribution in [0, 0.1) is 0 Å². The van der Waals surface area contributed by atoms with Gasteiger partial charge in [0.2, 0.25) is 0 Å². The van der Waals surface area contributed by atoms with Crippen molar-refractivity contribution in [3.8, 4) is 235 Å². The standard InChI is InChI=1S/C75H29N25S25/c1-2-103-53(76-1)29-3-104-54(78-29)30-4-105-55(79-30)31-5-106-56(80-31)32-6-107-57(81-32)33-7-108-58(82-33)34-8-109-59(83-34)35-9-110-60(84-35)36-10-111-61(85-36)37-11-112-62(86-37)38-12-113-63(87-38)39-13-114-64(88-39)40-14-115-65(89-40)41-15-116-66(90-41)42-16-117-67(91-42)43-17-118-68(92-43)44-18-119-69(93-44)45-19-120-70(94-45)46-20-121-71(95-46)47-21-122-72(96-47)48-22-123-73(97-48)49-23-124-74(98-49)50-24-125-75(99-50)51-25-102-28-100(51)52-26-101-27-77-52/h1-27H,28H2. The monoisotopic (exact) mass is 2080 g/mol. The molecule has 604 valence electrons. The second-order valence-corrected chi connectivity index (χ2v) is 47.1. The van der Waals surface area contributed by atoms with E-state index in [2.05, 4.69) is 31.0 Å². The first kappa shape index (κ1) is 78.3. The number of anilines is 1. The van der Waals surface area contributed by atoms with Gasteiger partial charge in [-0.1, -0.05) is 0 Å². The van der Waals surface area contributed by atoms with E-state index in [0.717, 1.165) is 258 Å². The zero-order valence-corrected chi connectivity index (χ0v) is 81.6. The highest BCUT2D eigenvalue weighted by Gasteiger charge is 2.29. The highest BCUT2D eigenvalue weighted by atomic mass is 32.2. The minimum Gasteiger partial charge on any atom is -0.312 e. The van der Waals surface area contributed by atoms with Gasteiger partial charge >= 0.3 is 0 Å². The van der Waals surface area contributed by atoms with Gasteiger partial charge in [-0.25, -0.2) is 120 Å². The quantitative estimate of drug-likeness (QED) is 0.0542. The van der Waals surface area contributed by atoms with E-state index in [-0.39, 0.29) is 0 Å². The van der Waals surface area contributed by atoms with E-state index in [9.17, 15) is 0 Å². The van der Waals surface area contributed by atoms with Crippen molar-refractivity contribution in [3.05, 3.63) is 151 Å². The van der Waals surface area contributed by atoms with E-state index in [4.69, 9.17) is 110 Å². The van der Waals surface area contributed by atoms with E-state index < -0.39 is 0 Å². The second kappa shape index (κ2) is 33.3. The van der Waals surface area contributed by atoms with E-state index in [1.807, 2.05) is 124 Å². The van der Waals surface area contributed by atoms with E-state index >= 15 is 0 Å². The molecule has 25 nitrogen and oxygen atoms in total. The summed E-state index contributed by atoms with van der Waals surface area (Å²) in [5, 5.41) is 69.9. The summed E-state index contributed by atoms with van der Waals surface area (Å²) < 4.78 is 0. The molecule has 0 spiro atoms. The van der Waals surface area contributed by atoms with Gasteiger partial charge < -0.3 is 4.90 Å². The van der Waals surface area contributed by atoms with Crippen molar-refractivity contribution in [1.82, 2.24) is 120 Å². The molecule has 25 rings (SSSR count). The smallest absolute Gasteiger partial charge is 0.144 e. The topological polar surface area (TPSA) is 313 Å². The zero-order chi connectivity index (χ0) is 82.2. The van der Waals surface area contributed by atoms with Crippen LogP contribution in [0.25, 0.3) is 241 Å². The molecule has 24 aromatic heterocycles. The Balaban J connectivity index is 0.364. The Morgan fingerprint density at radius 3 is 0.504 bits per heavy atom. The molecule has 24 aromatic rings. The molecule has 25 heterocycles. The van der Waals surface area contributed by atoms with Gasteiger partial charge in [0.15, 0.2) is 0 Å². The maximum Gasteiger partial charge on any atom is 0.144 e. The third-order valence-electron chi connectivity index (χ3n) is 17.9. The molecule has 0 N–H and O–H groups in total. The van der Waals surface area contributed by atoms with Crippen LogP contribution in [0.3, 0.4) is 0 Å². The maximum atomic E-state index is 5.01. The van der Waals surface area contributed by atoms with Gasteiger partial charge in [-0.15, -0.1) is 284 Å². The predicted octanol–water partition coefficient (Wildman–Crippen LogP) is 27.8. The second-order valence-electron chi connectivity index (χ2n) is 25.7. The molecule has 1 aliphatic heterocycles. The number of rotatable bonds is 24. The van der Waals surface area contributed by atoms with Gasteiger partial charge in [0.25, 0.3) is 0 Å². The van der Waals surface area contributed by atoms with E-state index in [1.165, 1.54) is 102 Å². The Kier molecular flexibility index (Phi) is 20.8. The number of thiazole rings is 24. The largest absolute Gasteiger partial charge is 0.312 e. The summed E-state index contributed by atoms with van der Waals surface area (Å²) in [5.74, 6) is 1.77. The molecule has 0 fully saturated rings. The number of aromatic nitrogens is 24. The van der Waals surface area contributed by atoms with Crippen LogP contribution in [0.4, 0.5) is 5.82 Å². The minimum atomic E-state index is 0.786. The average molecular weight is 2080 g/mol. The third-order valence-corrected chi connectivity index (χ3v) is 39.1. The highest BCUT2D eigenvalue weighted by molar-refractivity contribution is 8.02. The molecule has 0 atom stereocenters. The molecule has 0 radical (unpaired) electrons. The van der Waals surface area contributed by atoms with Gasteiger partial charge in [0, 0.05) is 135 Å². The lowest BCUT2D eigenvalue weighted by Crippen LogP contribution is -2.16. The van der Waals surface area contributed by atoms with Crippen LogP contribution >= 0.6 is 284 Å². The van der Waals surface area contributed by atoms with Gasteiger partial charge in [-0.2, -0.15) is 0 Å². The van der Waals surface area contributed by atoms with Crippen molar-refractivity contribution in [2.75, 3.05) is 10.8 Å². The fourth-order valence-electron chi connectivity index (χ4n) is 12.1. The van der Waals surface area contributed by atoms with E-state index in [0.29, 0.717) is 0 Å². The molecule has 0 bridgehead atoms. The van der Waals surface area contributed by atoms with Crippen LogP contribution in [-0.4, -0.2) is 125 Å². The van der Waals surface area contributed by atoms with Gasteiger partial charge in [0.1, 0.15) is 246 Å². The number of thioether (sulfide) groups is 1. The Morgan fingerprint density at radius 2 is 0.344 bits per heavy atom. The number of hydrogen-bond acceptors (Lipinski definition) is 50. The lowest BCUT2D eigenvalue weighted by molar-refractivity contribution is 1.14.